The van der Waals surface area contributed by atoms with Gasteiger partial charge in [0, 0.05) is 33.5 Å². The second-order valence-electron chi connectivity index (χ2n) is 5.29. The van der Waals surface area contributed by atoms with Crippen molar-refractivity contribution in [1.82, 2.24) is 4.98 Å². The van der Waals surface area contributed by atoms with Crippen LogP contribution in [0.2, 0.25) is 5.02 Å². The van der Waals surface area contributed by atoms with E-state index in [9.17, 15) is 4.79 Å². The number of carbonyl (C=O) groups is 1. The molecule has 6 heteroatoms. The number of fused-ring (bicyclic) bond motifs is 1. The Morgan fingerprint density at radius 1 is 1.08 bits per heavy atom. The topological polar surface area (TPSA) is 63.2 Å². The zero-order chi connectivity index (χ0) is 17.1. The molecule has 122 valence electrons. The molecule has 2 aromatic carbocycles. The van der Waals surface area contributed by atoms with Crippen molar-refractivity contribution < 1.29 is 9.53 Å². The molecule has 5 nitrogen and oxygen atoms in total. The van der Waals surface area contributed by atoms with Crippen molar-refractivity contribution in [2.45, 2.75) is 6.92 Å². The number of nitrogens with zero attached hydrogens (tertiary/aromatic N) is 1. The van der Waals surface area contributed by atoms with Crippen LogP contribution in [-0.4, -0.2) is 18.1 Å². The second-order valence-corrected chi connectivity index (χ2v) is 5.72. The molecule has 0 radical (unpaired) electrons. The summed E-state index contributed by atoms with van der Waals surface area (Å²) < 4.78 is 5.39. The summed E-state index contributed by atoms with van der Waals surface area (Å²) in [6.45, 7) is 1.91. The molecule has 0 saturated heterocycles. The predicted molar refractivity (Wildman–Crippen MR) is 97.1 cm³/mol. The van der Waals surface area contributed by atoms with Crippen LogP contribution in [0.15, 0.2) is 48.5 Å². The van der Waals surface area contributed by atoms with Crippen molar-refractivity contribution in [3.05, 3.63) is 59.2 Å². The van der Waals surface area contributed by atoms with Gasteiger partial charge in [0.1, 0.15) is 5.75 Å². The van der Waals surface area contributed by atoms with Gasteiger partial charge in [0.05, 0.1) is 12.6 Å². The Labute approximate surface area is 144 Å². The predicted octanol–water partition coefficient (Wildman–Crippen LogP) is 4.85. The lowest BCUT2D eigenvalue weighted by Gasteiger charge is -2.11. The Kier molecular flexibility index (Phi) is 4.53. The van der Waals surface area contributed by atoms with E-state index < -0.39 is 0 Å². The standard InChI is InChI=1S/C18H16ClN3O2/c1-11-8-17(24-2)15-10-14(6-7-16(15)20-11)22-18(23)21-13-5-3-4-12(19)9-13/h3-10H,1-2H3,(H2,21,22,23). The number of hydrogen-bond donors (Lipinski definition) is 2. The van der Waals surface area contributed by atoms with Crippen molar-refractivity contribution in [3.8, 4) is 5.75 Å². The maximum atomic E-state index is 12.1. The molecule has 3 aromatic rings. The maximum absolute atomic E-state index is 12.1. The lowest BCUT2D eigenvalue weighted by atomic mass is 10.1. The van der Waals surface area contributed by atoms with Gasteiger partial charge >= 0.3 is 6.03 Å². The second kappa shape index (κ2) is 6.76. The van der Waals surface area contributed by atoms with Crippen LogP contribution in [-0.2, 0) is 0 Å². The van der Waals surface area contributed by atoms with E-state index in [2.05, 4.69) is 15.6 Å². The first-order valence-corrected chi connectivity index (χ1v) is 7.72. The lowest BCUT2D eigenvalue weighted by molar-refractivity contribution is 0.262. The fourth-order valence-electron chi connectivity index (χ4n) is 2.43. The number of carbonyl (C=O) groups excluding carboxylic acids is 1. The Morgan fingerprint density at radius 3 is 2.54 bits per heavy atom. The van der Waals surface area contributed by atoms with E-state index in [1.807, 2.05) is 25.1 Å². The number of anilines is 2. The summed E-state index contributed by atoms with van der Waals surface area (Å²) in [6.07, 6.45) is 0. The third kappa shape index (κ3) is 3.58. The van der Waals surface area contributed by atoms with Crippen LogP contribution >= 0.6 is 11.6 Å². The van der Waals surface area contributed by atoms with Gasteiger partial charge in [-0.3, -0.25) is 4.98 Å². The molecule has 3 rings (SSSR count). The molecular weight excluding hydrogens is 326 g/mol. The number of aromatic nitrogens is 1. The summed E-state index contributed by atoms with van der Waals surface area (Å²) in [4.78, 5) is 16.6. The molecule has 2 N–H and O–H groups in total. The first-order valence-electron chi connectivity index (χ1n) is 7.34. The van der Waals surface area contributed by atoms with Crippen LogP contribution in [0.1, 0.15) is 5.69 Å². The van der Waals surface area contributed by atoms with E-state index in [4.69, 9.17) is 16.3 Å². The minimum absolute atomic E-state index is 0.351. The van der Waals surface area contributed by atoms with Crippen LogP contribution in [0.5, 0.6) is 5.75 Å². The highest BCUT2D eigenvalue weighted by atomic mass is 35.5. The average molecular weight is 342 g/mol. The summed E-state index contributed by atoms with van der Waals surface area (Å²) >= 11 is 5.91. The Bertz CT molecular complexity index is 912. The molecule has 0 spiro atoms. The van der Waals surface area contributed by atoms with Crippen LogP contribution in [0, 0.1) is 6.92 Å². The summed E-state index contributed by atoms with van der Waals surface area (Å²) in [5, 5.41) is 6.92. The SMILES string of the molecule is COc1cc(C)nc2ccc(NC(=O)Nc3cccc(Cl)c3)cc12. The first-order chi connectivity index (χ1) is 11.5. The summed E-state index contributed by atoms with van der Waals surface area (Å²) in [7, 11) is 1.61. The number of nitrogens with one attached hydrogen (secondary N) is 2. The van der Waals surface area contributed by atoms with Crippen molar-refractivity contribution in [3.63, 3.8) is 0 Å². The summed E-state index contributed by atoms with van der Waals surface area (Å²) in [6, 6.07) is 13.9. The highest BCUT2D eigenvalue weighted by Crippen LogP contribution is 2.28. The fraction of sp³-hybridized carbons (Fsp3) is 0.111. The molecule has 0 atom stereocenters. The lowest BCUT2D eigenvalue weighted by Crippen LogP contribution is -2.19. The fourth-order valence-corrected chi connectivity index (χ4v) is 2.62. The molecular formula is C18H16ClN3O2. The minimum Gasteiger partial charge on any atom is -0.496 e. The van der Waals surface area contributed by atoms with Gasteiger partial charge < -0.3 is 15.4 Å². The number of pyridine rings is 1. The van der Waals surface area contributed by atoms with Gasteiger partial charge in [0.2, 0.25) is 0 Å². The van der Waals surface area contributed by atoms with Gasteiger partial charge in [0.15, 0.2) is 0 Å². The smallest absolute Gasteiger partial charge is 0.323 e. The van der Waals surface area contributed by atoms with Crippen LogP contribution < -0.4 is 15.4 Å². The van der Waals surface area contributed by atoms with Gasteiger partial charge in [-0.1, -0.05) is 17.7 Å². The molecule has 0 fully saturated rings. The highest BCUT2D eigenvalue weighted by molar-refractivity contribution is 6.30. The molecule has 0 aliphatic heterocycles. The van der Waals surface area contributed by atoms with Gasteiger partial charge in [-0.15, -0.1) is 0 Å². The molecule has 0 aliphatic rings. The molecule has 0 aliphatic carbocycles. The van der Waals surface area contributed by atoms with E-state index in [1.165, 1.54) is 0 Å². The van der Waals surface area contributed by atoms with E-state index in [-0.39, 0.29) is 6.03 Å². The molecule has 0 saturated carbocycles. The first kappa shape index (κ1) is 16.1. The number of ether oxygens (including phenoxy) is 1. The third-order valence-corrected chi connectivity index (χ3v) is 3.69. The maximum Gasteiger partial charge on any atom is 0.323 e. The molecule has 0 bridgehead atoms. The van der Waals surface area contributed by atoms with Crippen molar-refractivity contribution in [1.29, 1.82) is 0 Å². The van der Waals surface area contributed by atoms with Gasteiger partial charge in [-0.25, -0.2) is 4.79 Å². The number of amides is 2. The molecule has 24 heavy (non-hydrogen) atoms. The van der Waals surface area contributed by atoms with E-state index >= 15 is 0 Å². The molecule has 1 heterocycles. The van der Waals surface area contributed by atoms with E-state index in [0.717, 1.165) is 22.3 Å². The normalized spacial score (nSPS) is 10.5. The monoisotopic (exact) mass is 341 g/mol. The Hall–Kier alpha value is -2.79. The number of aryl methyl sites for hydroxylation is 1. The number of rotatable bonds is 3. The van der Waals surface area contributed by atoms with Crippen LogP contribution in [0.4, 0.5) is 16.2 Å². The van der Waals surface area contributed by atoms with Gasteiger partial charge in [-0.05, 0) is 43.3 Å². The number of hydrogen-bond acceptors (Lipinski definition) is 3. The van der Waals surface area contributed by atoms with Crippen LogP contribution in [0.25, 0.3) is 10.9 Å². The summed E-state index contributed by atoms with van der Waals surface area (Å²) in [5.74, 6) is 0.719. The summed E-state index contributed by atoms with van der Waals surface area (Å²) in [5.41, 5.74) is 2.95. The van der Waals surface area contributed by atoms with Crippen molar-refractivity contribution in [2.24, 2.45) is 0 Å². The van der Waals surface area contributed by atoms with E-state index in [1.54, 1.807) is 37.4 Å². The van der Waals surface area contributed by atoms with Crippen molar-refractivity contribution >= 4 is 39.9 Å². The largest absolute Gasteiger partial charge is 0.496 e. The third-order valence-electron chi connectivity index (χ3n) is 3.46. The molecule has 0 unspecified atom stereocenters. The van der Waals surface area contributed by atoms with Gasteiger partial charge in [0.25, 0.3) is 0 Å². The Balaban J connectivity index is 1.82. The Morgan fingerprint density at radius 2 is 1.83 bits per heavy atom. The minimum atomic E-state index is -0.351. The van der Waals surface area contributed by atoms with Crippen LogP contribution in [0.3, 0.4) is 0 Å². The molecule has 1 aromatic heterocycles. The van der Waals surface area contributed by atoms with Crippen molar-refractivity contribution in [2.75, 3.05) is 17.7 Å². The number of urea groups is 1. The quantitative estimate of drug-likeness (QED) is 0.715. The number of benzene rings is 2. The highest BCUT2D eigenvalue weighted by Gasteiger charge is 2.08. The number of halogens is 1. The molecule has 2 amide bonds. The van der Waals surface area contributed by atoms with E-state index in [0.29, 0.717) is 16.4 Å². The zero-order valence-corrected chi connectivity index (χ0v) is 14.0. The number of methoxy groups -OCH3 is 1. The average Bonchev–Trinajstić information content (AvgIpc) is 2.54. The van der Waals surface area contributed by atoms with Gasteiger partial charge in [-0.2, -0.15) is 0 Å². The zero-order valence-electron chi connectivity index (χ0n) is 13.3.